The van der Waals surface area contributed by atoms with Crippen molar-refractivity contribution in [1.82, 2.24) is 15.1 Å². The quantitative estimate of drug-likeness (QED) is 0.783. The van der Waals surface area contributed by atoms with Crippen LogP contribution in [0.3, 0.4) is 0 Å². The molecule has 2 aromatic rings. The molecular formula is C16H17Cl2F2N3O2. The minimum Gasteiger partial charge on any atom is -0.383 e. The Kier molecular flexibility index (Phi) is 6.75. The Hall–Kier alpha value is -1.70. The number of aryl methyl sites for hydroxylation is 1. The molecule has 136 valence electrons. The van der Waals surface area contributed by atoms with Gasteiger partial charge >= 0.3 is 0 Å². The van der Waals surface area contributed by atoms with Crippen LogP contribution in [0, 0.1) is 0 Å². The van der Waals surface area contributed by atoms with Crippen LogP contribution in [0.4, 0.5) is 8.78 Å². The van der Waals surface area contributed by atoms with Crippen molar-refractivity contribution in [3.8, 4) is 0 Å². The third kappa shape index (κ3) is 5.14. The van der Waals surface area contributed by atoms with Gasteiger partial charge in [0.05, 0.1) is 18.2 Å². The molecule has 1 aromatic heterocycles. The smallest absolute Gasteiger partial charge is 0.282 e. The van der Waals surface area contributed by atoms with Crippen molar-refractivity contribution in [2.75, 3.05) is 13.7 Å². The largest absolute Gasteiger partial charge is 0.383 e. The maximum Gasteiger partial charge on any atom is 0.282 e. The van der Waals surface area contributed by atoms with Crippen molar-refractivity contribution in [2.24, 2.45) is 7.05 Å². The molecule has 0 bridgehead atoms. The van der Waals surface area contributed by atoms with E-state index in [2.05, 4.69) is 10.4 Å². The number of carbonyl (C=O) groups is 1. The van der Waals surface area contributed by atoms with E-state index in [1.807, 2.05) is 0 Å². The van der Waals surface area contributed by atoms with Crippen molar-refractivity contribution >= 4 is 29.1 Å². The zero-order chi connectivity index (χ0) is 18.6. The molecule has 2 rings (SSSR count). The highest BCUT2D eigenvalue weighted by Crippen LogP contribution is 2.23. The zero-order valence-corrected chi connectivity index (χ0v) is 15.1. The van der Waals surface area contributed by atoms with Crippen LogP contribution in [0.2, 0.25) is 10.0 Å². The summed E-state index contributed by atoms with van der Waals surface area (Å²) in [5.41, 5.74) is 0.0372. The molecular weight excluding hydrogens is 375 g/mol. The number of hydrogen-bond donors (Lipinski definition) is 1. The van der Waals surface area contributed by atoms with Gasteiger partial charge in [0.1, 0.15) is 5.69 Å². The number of methoxy groups -OCH3 is 1. The molecule has 1 aromatic carbocycles. The molecule has 9 heteroatoms. The summed E-state index contributed by atoms with van der Waals surface area (Å²) in [6.07, 6.45) is -1.22. The molecule has 0 aliphatic heterocycles. The third-order valence-electron chi connectivity index (χ3n) is 3.49. The van der Waals surface area contributed by atoms with E-state index in [-0.39, 0.29) is 12.2 Å². The van der Waals surface area contributed by atoms with E-state index in [1.165, 1.54) is 25.0 Å². The average Bonchev–Trinajstić information content (AvgIpc) is 2.92. The Morgan fingerprint density at radius 1 is 1.40 bits per heavy atom. The Labute approximate surface area is 153 Å². The number of benzene rings is 1. The van der Waals surface area contributed by atoms with Gasteiger partial charge in [0, 0.05) is 30.4 Å². The van der Waals surface area contributed by atoms with Gasteiger partial charge in [-0.15, -0.1) is 0 Å². The van der Waals surface area contributed by atoms with Crippen LogP contribution in [0.25, 0.3) is 0 Å². The lowest BCUT2D eigenvalue weighted by Gasteiger charge is -2.19. The van der Waals surface area contributed by atoms with Crippen molar-refractivity contribution < 1.29 is 18.3 Å². The van der Waals surface area contributed by atoms with E-state index in [0.717, 1.165) is 5.56 Å². The van der Waals surface area contributed by atoms with Crippen LogP contribution in [-0.4, -0.2) is 35.4 Å². The molecule has 0 unspecified atom stereocenters. The Balaban J connectivity index is 2.17. The minimum absolute atomic E-state index is 0.166. The number of amides is 1. The first kappa shape index (κ1) is 19.6. The molecule has 1 atom stereocenters. The second kappa shape index (κ2) is 8.60. The maximum absolute atomic E-state index is 13.0. The number of hydrogen-bond acceptors (Lipinski definition) is 3. The fourth-order valence-corrected chi connectivity index (χ4v) is 2.90. The Morgan fingerprint density at radius 2 is 2.12 bits per heavy atom. The lowest BCUT2D eigenvalue weighted by molar-refractivity contribution is 0.0883. The SMILES string of the molecule is COC[C@@H](Cc1ccc(Cl)cc1Cl)NC(=O)c1cn(C)nc1C(F)F. The van der Waals surface area contributed by atoms with E-state index in [4.69, 9.17) is 27.9 Å². The minimum atomic E-state index is -2.84. The van der Waals surface area contributed by atoms with E-state index in [9.17, 15) is 13.6 Å². The molecule has 0 saturated carbocycles. The zero-order valence-electron chi connectivity index (χ0n) is 13.6. The van der Waals surface area contributed by atoms with Gasteiger partial charge < -0.3 is 10.1 Å². The summed E-state index contributed by atoms with van der Waals surface area (Å²) in [7, 11) is 2.96. The average molecular weight is 392 g/mol. The fourth-order valence-electron chi connectivity index (χ4n) is 2.41. The first-order valence-electron chi connectivity index (χ1n) is 7.37. The van der Waals surface area contributed by atoms with Crippen LogP contribution in [0.5, 0.6) is 0 Å². The molecule has 0 aliphatic carbocycles. The first-order chi connectivity index (χ1) is 11.8. The number of nitrogens with one attached hydrogen (secondary N) is 1. The molecule has 0 saturated heterocycles. The molecule has 1 amide bonds. The van der Waals surface area contributed by atoms with Crippen LogP contribution in [0.15, 0.2) is 24.4 Å². The summed E-state index contributed by atoms with van der Waals surface area (Å²) in [6.45, 7) is 0.189. The van der Waals surface area contributed by atoms with E-state index < -0.39 is 24.1 Å². The second-order valence-electron chi connectivity index (χ2n) is 5.47. The number of carbonyl (C=O) groups excluding carboxylic acids is 1. The van der Waals surface area contributed by atoms with Gasteiger partial charge in [-0.3, -0.25) is 9.48 Å². The molecule has 0 fully saturated rings. The monoisotopic (exact) mass is 391 g/mol. The van der Waals surface area contributed by atoms with Crippen LogP contribution in [-0.2, 0) is 18.2 Å². The van der Waals surface area contributed by atoms with Crippen molar-refractivity contribution in [3.63, 3.8) is 0 Å². The number of nitrogens with zero attached hydrogens (tertiary/aromatic N) is 2. The van der Waals surface area contributed by atoms with E-state index >= 15 is 0 Å². The van der Waals surface area contributed by atoms with Crippen molar-refractivity contribution in [1.29, 1.82) is 0 Å². The van der Waals surface area contributed by atoms with Gasteiger partial charge in [-0.1, -0.05) is 29.3 Å². The summed E-state index contributed by atoms with van der Waals surface area (Å²) in [5.74, 6) is -0.643. The highest BCUT2D eigenvalue weighted by atomic mass is 35.5. The predicted octanol–water partition coefficient (Wildman–Crippen LogP) is 3.65. The predicted molar refractivity (Wildman–Crippen MR) is 91.5 cm³/mol. The number of rotatable bonds is 7. The number of alkyl halides is 2. The molecule has 0 radical (unpaired) electrons. The summed E-state index contributed by atoms with van der Waals surface area (Å²) < 4.78 is 32.3. The Morgan fingerprint density at radius 3 is 2.72 bits per heavy atom. The lowest BCUT2D eigenvalue weighted by atomic mass is 10.1. The number of halogens is 4. The van der Waals surface area contributed by atoms with Gasteiger partial charge in [0.25, 0.3) is 12.3 Å². The summed E-state index contributed by atoms with van der Waals surface area (Å²) >= 11 is 12.0. The normalized spacial score (nSPS) is 12.4. The van der Waals surface area contributed by atoms with Gasteiger partial charge in [-0.25, -0.2) is 8.78 Å². The number of ether oxygens (including phenoxy) is 1. The van der Waals surface area contributed by atoms with Crippen molar-refractivity contribution in [2.45, 2.75) is 18.9 Å². The topological polar surface area (TPSA) is 56.1 Å². The highest BCUT2D eigenvalue weighted by molar-refractivity contribution is 6.35. The summed E-state index contributed by atoms with van der Waals surface area (Å²) in [4.78, 5) is 12.4. The molecule has 5 nitrogen and oxygen atoms in total. The lowest BCUT2D eigenvalue weighted by Crippen LogP contribution is -2.40. The molecule has 0 aliphatic rings. The second-order valence-corrected chi connectivity index (χ2v) is 6.31. The van der Waals surface area contributed by atoms with Crippen LogP contribution >= 0.6 is 23.2 Å². The van der Waals surface area contributed by atoms with Crippen LogP contribution < -0.4 is 5.32 Å². The van der Waals surface area contributed by atoms with Gasteiger partial charge in [0.15, 0.2) is 0 Å². The molecule has 25 heavy (non-hydrogen) atoms. The fraction of sp³-hybridized carbons (Fsp3) is 0.375. The molecule has 1 N–H and O–H groups in total. The number of aromatic nitrogens is 2. The summed E-state index contributed by atoms with van der Waals surface area (Å²) in [6, 6.07) is 4.57. The van der Waals surface area contributed by atoms with Crippen molar-refractivity contribution in [3.05, 3.63) is 51.3 Å². The third-order valence-corrected chi connectivity index (χ3v) is 4.08. The van der Waals surface area contributed by atoms with Gasteiger partial charge in [-0.05, 0) is 24.1 Å². The van der Waals surface area contributed by atoms with Crippen LogP contribution in [0.1, 0.15) is 28.0 Å². The first-order valence-corrected chi connectivity index (χ1v) is 8.12. The molecule has 1 heterocycles. The van der Waals surface area contributed by atoms with E-state index in [1.54, 1.807) is 18.2 Å². The van der Waals surface area contributed by atoms with E-state index in [0.29, 0.717) is 16.5 Å². The standard InChI is InChI=1S/C16H17Cl2F2N3O2/c1-23-7-12(14(22-23)15(19)20)16(24)21-11(8-25-2)5-9-3-4-10(17)6-13(9)18/h3-4,6-7,11,15H,5,8H2,1-2H3,(H,21,24)/t11-/m1/s1. The Bertz CT molecular complexity index is 753. The summed E-state index contributed by atoms with van der Waals surface area (Å²) in [5, 5.41) is 7.28. The van der Waals surface area contributed by atoms with Gasteiger partial charge in [0.2, 0.25) is 0 Å². The van der Waals surface area contributed by atoms with Gasteiger partial charge in [-0.2, -0.15) is 5.10 Å². The maximum atomic E-state index is 13.0. The highest BCUT2D eigenvalue weighted by Gasteiger charge is 2.24. The molecule has 0 spiro atoms.